The number of halogens is 2. The second kappa shape index (κ2) is 6.10. The van der Waals surface area contributed by atoms with Crippen LogP contribution in [0.25, 0.3) is 23.2 Å². The van der Waals surface area contributed by atoms with E-state index >= 15 is 0 Å². The average molecular weight is 430 g/mol. The molecule has 114 valence electrons. The standard InChI is InChI=1S/C19H14Br2N2/c20-14-7-5-13(6-8-14)19-22-17-3-1-2-4-18(17)23(19)16-11-9-15(21)10-12-16/h1,3,5-12H,2,4H2. The first-order valence-electron chi connectivity index (χ1n) is 7.52. The van der Waals surface area contributed by atoms with E-state index in [1.807, 2.05) is 0 Å². The van der Waals surface area contributed by atoms with E-state index < -0.39 is 0 Å². The van der Waals surface area contributed by atoms with Crippen LogP contribution in [-0.4, -0.2) is 9.55 Å². The van der Waals surface area contributed by atoms with Crippen molar-refractivity contribution in [1.29, 1.82) is 0 Å². The van der Waals surface area contributed by atoms with Gasteiger partial charge in [-0.3, -0.25) is 4.57 Å². The van der Waals surface area contributed by atoms with Crippen LogP contribution in [0.2, 0.25) is 0 Å². The molecule has 23 heavy (non-hydrogen) atoms. The Bertz CT molecular complexity index is 875. The Labute approximate surface area is 152 Å². The highest BCUT2D eigenvalue weighted by molar-refractivity contribution is 9.10. The minimum Gasteiger partial charge on any atom is -0.296 e. The molecular weight excluding hydrogens is 416 g/mol. The summed E-state index contributed by atoms with van der Waals surface area (Å²) < 4.78 is 4.45. The number of aromatic nitrogens is 2. The Morgan fingerprint density at radius 2 is 1.52 bits per heavy atom. The Balaban J connectivity index is 1.95. The second-order valence-corrected chi connectivity index (χ2v) is 7.36. The van der Waals surface area contributed by atoms with Gasteiger partial charge in [0.1, 0.15) is 5.82 Å². The Morgan fingerprint density at radius 3 is 2.22 bits per heavy atom. The summed E-state index contributed by atoms with van der Waals surface area (Å²) in [6.45, 7) is 0. The van der Waals surface area contributed by atoms with Crippen molar-refractivity contribution in [3.63, 3.8) is 0 Å². The number of nitrogens with zero attached hydrogens (tertiary/aromatic N) is 2. The quantitative estimate of drug-likeness (QED) is 0.486. The number of hydrogen-bond donors (Lipinski definition) is 0. The van der Waals surface area contributed by atoms with Gasteiger partial charge >= 0.3 is 0 Å². The van der Waals surface area contributed by atoms with Crippen molar-refractivity contribution in [1.82, 2.24) is 9.55 Å². The molecule has 0 saturated heterocycles. The third-order valence-corrected chi connectivity index (χ3v) is 5.07. The number of rotatable bonds is 2. The fourth-order valence-electron chi connectivity index (χ4n) is 2.92. The van der Waals surface area contributed by atoms with Crippen LogP contribution in [0.4, 0.5) is 0 Å². The van der Waals surface area contributed by atoms with Gasteiger partial charge in [-0.2, -0.15) is 0 Å². The number of imidazole rings is 1. The molecular formula is C19H14Br2N2. The lowest BCUT2D eigenvalue weighted by molar-refractivity contribution is 0.878. The van der Waals surface area contributed by atoms with E-state index in [4.69, 9.17) is 4.98 Å². The molecule has 4 heteroatoms. The number of allylic oxidation sites excluding steroid dienone is 1. The molecule has 4 rings (SSSR count). The second-order valence-electron chi connectivity index (χ2n) is 5.53. The van der Waals surface area contributed by atoms with Crippen LogP contribution in [0, 0.1) is 0 Å². The molecule has 0 radical (unpaired) electrons. The third kappa shape index (κ3) is 2.81. The molecule has 1 heterocycles. The lowest BCUT2D eigenvalue weighted by atomic mass is 10.1. The first-order valence-corrected chi connectivity index (χ1v) is 9.11. The summed E-state index contributed by atoms with van der Waals surface area (Å²) in [5, 5.41) is 0. The predicted molar refractivity (Wildman–Crippen MR) is 102 cm³/mol. The molecule has 0 spiro atoms. The monoisotopic (exact) mass is 428 g/mol. The zero-order chi connectivity index (χ0) is 15.8. The van der Waals surface area contributed by atoms with Crippen LogP contribution < -0.4 is 0 Å². The topological polar surface area (TPSA) is 17.8 Å². The molecule has 0 atom stereocenters. The molecule has 0 bridgehead atoms. The number of benzene rings is 2. The summed E-state index contributed by atoms with van der Waals surface area (Å²) in [4.78, 5) is 4.90. The van der Waals surface area contributed by atoms with Crippen molar-refractivity contribution in [2.75, 3.05) is 0 Å². The molecule has 1 aromatic heterocycles. The highest BCUT2D eigenvalue weighted by Gasteiger charge is 2.19. The summed E-state index contributed by atoms with van der Waals surface area (Å²) in [5.41, 5.74) is 4.64. The van der Waals surface area contributed by atoms with E-state index in [0.717, 1.165) is 44.6 Å². The van der Waals surface area contributed by atoms with Crippen molar-refractivity contribution in [3.8, 4) is 17.1 Å². The van der Waals surface area contributed by atoms with Gasteiger partial charge in [0.05, 0.1) is 11.4 Å². The minimum absolute atomic E-state index is 0.997. The normalized spacial score (nSPS) is 13.1. The van der Waals surface area contributed by atoms with Crippen LogP contribution in [0.3, 0.4) is 0 Å². The van der Waals surface area contributed by atoms with Gasteiger partial charge in [-0.25, -0.2) is 4.98 Å². The van der Waals surface area contributed by atoms with Crippen molar-refractivity contribution in [2.45, 2.75) is 12.8 Å². The first kappa shape index (κ1) is 14.9. The molecule has 0 N–H and O–H groups in total. The van der Waals surface area contributed by atoms with E-state index in [1.54, 1.807) is 0 Å². The maximum atomic E-state index is 4.90. The van der Waals surface area contributed by atoms with Crippen molar-refractivity contribution >= 4 is 37.9 Å². The van der Waals surface area contributed by atoms with Crippen molar-refractivity contribution in [3.05, 3.63) is 74.9 Å². The molecule has 0 unspecified atom stereocenters. The SMILES string of the molecule is Brc1ccc(-c2nc3c(n2-c2ccc(Br)cc2)CCC=C3)cc1. The molecule has 1 aliphatic carbocycles. The molecule has 2 aromatic carbocycles. The van der Waals surface area contributed by atoms with Gasteiger partial charge in [0, 0.05) is 20.2 Å². The maximum Gasteiger partial charge on any atom is 0.145 e. The van der Waals surface area contributed by atoms with Gasteiger partial charge in [-0.15, -0.1) is 0 Å². The first-order chi connectivity index (χ1) is 11.2. The summed E-state index contributed by atoms with van der Waals surface area (Å²) in [6, 6.07) is 16.8. The van der Waals surface area contributed by atoms with Crippen LogP contribution in [0.1, 0.15) is 17.8 Å². The maximum absolute atomic E-state index is 4.90. The summed E-state index contributed by atoms with van der Waals surface area (Å²) in [6.07, 6.45) is 6.42. The molecule has 3 aromatic rings. The van der Waals surface area contributed by atoms with Gasteiger partial charge in [0.15, 0.2) is 0 Å². The zero-order valence-electron chi connectivity index (χ0n) is 12.3. The fraction of sp³-hybridized carbons (Fsp3) is 0.105. The van der Waals surface area contributed by atoms with Gasteiger partial charge in [-0.1, -0.05) is 50.1 Å². The highest BCUT2D eigenvalue weighted by atomic mass is 79.9. The van der Waals surface area contributed by atoms with E-state index in [0.29, 0.717) is 0 Å². The van der Waals surface area contributed by atoms with Crippen LogP contribution >= 0.6 is 31.9 Å². The van der Waals surface area contributed by atoms with Crippen LogP contribution in [0.5, 0.6) is 0 Å². The van der Waals surface area contributed by atoms with Gasteiger partial charge in [0.2, 0.25) is 0 Å². The predicted octanol–water partition coefficient (Wildman–Crippen LogP) is 6.02. The fourth-order valence-corrected chi connectivity index (χ4v) is 3.45. The largest absolute Gasteiger partial charge is 0.296 e. The van der Waals surface area contributed by atoms with Gasteiger partial charge < -0.3 is 0 Å². The number of hydrogen-bond acceptors (Lipinski definition) is 1. The van der Waals surface area contributed by atoms with Gasteiger partial charge in [0.25, 0.3) is 0 Å². The molecule has 0 fully saturated rings. The van der Waals surface area contributed by atoms with Crippen molar-refractivity contribution < 1.29 is 0 Å². The summed E-state index contributed by atoms with van der Waals surface area (Å²) in [7, 11) is 0. The molecule has 0 amide bonds. The average Bonchev–Trinajstić information content (AvgIpc) is 2.96. The van der Waals surface area contributed by atoms with Gasteiger partial charge in [-0.05, 0) is 55.3 Å². The molecule has 2 nitrogen and oxygen atoms in total. The number of fused-ring (bicyclic) bond motifs is 1. The highest BCUT2D eigenvalue weighted by Crippen LogP contribution is 2.31. The lowest BCUT2D eigenvalue weighted by Crippen LogP contribution is -2.04. The van der Waals surface area contributed by atoms with E-state index in [9.17, 15) is 0 Å². The Kier molecular flexibility index (Phi) is 3.95. The minimum atomic E-state index is 0.997. The molecule has 1 aliphatic rings. The van der Waals surface area contributed by atoms with E-state index in [1.165, 1.54) is 5.69 Å². The van der Waals surface area contributed by atoms with E-state index in [2.05, 4.69) is 97.1 Å². The smallest absolute Gasteiger partial charge is 0.145 e. The lowest BCUT2D eigenvalue weighted by Gasteiger charge is -2.14. The Morgan fingerprint density at radius 1 is 0.870 bits per heavy atom. The molecule has 0 aliphatic heterocycles. The summed E-state index contributed by atoms with van der Waals surface area (Å²) in [5.74, 6) is 0.997. The molecule has 0 saturated carbocycles. The van der Waals surface area contributed by atoms with Crippen LogP contribution in [-0.2, 0) is 6.42 Å². The van der Waals surface area contributed by atoms with Crippen LogP contribution in [0.15, 0.2) is 63.6 Å². The Hall–Kier alpha value is -1.65. The van der Waals surface area contributed by atoms with Crippen molar-refractivity contribution in [2.24, 2.45) is 0 Å². The summed E-state index contributed by atoms with van der Waals surface area (Å²) >= 11 is 7.02. The zero-order valence-corrected chi connectivity index (χ0v) is 15.5. The third-order valence-electron chi connectivity index (χ3n) is 4.01. The van der Waals surface area contributed by atoms with E-state index in [-0.39, 0.29) is 0 Å².